The van der Waals surface area contributed by atoms with E-state index in [-0.39, 0.29) is 18.2 Å². The molecule has 3 rings (SSSR count). The summed E-state index contributed by atoms with van der Waals surface area (Å²) in [6.07, 6.45) is 1.91. The van der Waals surface area contributed by atoms with E-state index in [9.17, 15) is 9.59 Å². The second kappa shape index (κ2) is 11.8. The van der Waals surface area contributed by atoms with E-state index in [2.05, 4.69) is 20.6 Å². The van der Waals surface area contributed by atoms with Gasteiger partial charge in [0, 0.05) is 23.7 Å². The van der Waals surface area contributed by atoms with Crippen molar-refractivity contribution in [2.75, 3.05) is 43.6 Å². The standard InChI is InChI=1S/C23H27N5O4/c1-16-2-6-20(25-15-16)28-23(30)18-3-5-19-17(14-18)4-7-21(26-19)27-22(29)8-10-31-12-13-32-11-9-24/h2-7,14-15H,8-13,24H2,1H3,(H,25,28,30)(H,26,27,29). The van der Waals surface area contributed by atoms with Crippen LogP contribution in [0.4, 0.5) is 11.6 Å². The van der Waals surface area contributed by atoms with Crippen LogP contribution in [0.1, 0.15) is 22.3 Å². The average molecular weight is 438 g/mol. The first-order valence-electron chi connectivity index (χ1n) is 10.4. The quantitative estimate of drug-likeness (QED) is 0.393. The highest BCUT2D eigenvalue weighted by atomic mass is 16.5. The molecule has 0 aliphatic carbocycles. The maximum absolute atomic E-state index is 12.5. The first-order chi connectivity index (χ1) is 15.5. The number of aryl methyl sites for hydroxylation is 1. The Kier molecular flexibility index (Phi) is 8.61. The third-order valence-electron chi connectivity index (χ3n) is 4.48. The first-order valence-corrected chi connectivity index (χ1v) is 10.4. The summed E-state index contributed by atoms with van der Waals surface area (Å²) in [5, 5.41) is 6.31. The largest absolute Gasteiger partial charge is 0.379 e. The molecule has 0 spiro atoms. The highest BCUT2D eigenvalue weighted by Gasteiger charge is 2.09. The molecular formula is C23H27N5O4. The lowest BCUT2D eigenvalue weighted by atomic mass is 10.1. The Hall–Kier alpha value is -3.40. The van der Waals surface area contributed by atoms with Crippen LogP contribution < -0.4 is 16.4 Å². The average Bonchev–Trinajstić information content (AvgIpc) is 2.79. The molecule has 0 aliphatic rings. The van der Waals surface area contributed by atoms with Crippen LogP contribution in [0.15, 0.2) is 48.7 Å². The van der Waals surface area contributed by atoms with E-state index in [1.54, 1.807) is 36.5 Å². The number of nitrogens with one attached hydrogen (secondary N) is 2. The number of ether oxygens (including phenoxy) is 2. The van der Waals surface area contributed by atoms with Crippen molar-refractivity contribution in [2.45, 2.75) is 13.3 Å². The predicted molar refractivity (Wildman–Crippen MR) is 123 cm³/mol. The summed E-state index contributed by atoms with van der Waals surface area (Å²) in [5.41, 5.74) is 7.50. The van der Waals surface area contributed by atoms with Gasteiger partial charge in [0.05, 0.1) is 38.4 Å². The smallest absolute Gasteiger partial charge is 0.256 e. The minimum absolute atomic E-state index is 0.193. The van der Waals surface area contributed by atoms with Crippen molar-refractivity contribution in [1.29, 1.82) is 0 Å². The molecule has 2 heterocycles. The Morgan fingerprint density at radius 1 is 0.938 bits per heavy atom. The number of nitrogens with two attached hydrogens (primary N) is 1. The van der Waals surface area contributed by atoms with Crippen molar-refractivity contribution in [3.63, 3.8) is 0 Å². The topological polar surface area (TPSA) is 128 Å². The molecule has 9 heteroatoms. The summed E-state index contributed by atoms with van der Waals surface area (Å²) in [5.74, 6) is 0.481. The minimum atomic E-state index is -0.256. The zero-order valence-electron chi connectivity index (χ0n) is 18.0. The number of benzene rings is 1. The van der Waals surface area contributed by atoms with Crippen LogP contribution in [0, 0.1) is 6.92 Å². The molecule has 3 aromatic rings. The second-order valence-corrected chi connectivity index (χ2v) is 7.09. The van der Waals surface area contributed by atoms with Crippen LogP contribution in [0.25, 0.3) is 10.9 Å². The number of fused-ring (bicyclic) bond motifs is 1. The van der Waals surface area contributed by atoms with Crippen LogP contribution >= 0.6 is 0 Å². The van der Waals surface area contributed by atoms with Crippen LogP contribution in [-0.4, -0.2) is 54.8 Å². The maximum atomic E-state index is 12.5. The van der Waals surface area contributed by atoms with Gasteiger partial charge in [0.25, 0.3) is 5.91 Å². The summed E-state index contributed by atoms with van der Waals surface area (Å²) >= 11 is 0. The van der Waals surface area contributed by atoms with E-state index >= 15 is 0 Å². The number of anilines is 2. The lowest BCUT2D eigenvalue weighted by Crippen LogP contribution is -2.17. The van der Waals surface area contributed by atoms with Gasteiger partial charge in [-0.05, 0) is 48.9 Å². The van der Waals surface area contributed by atoms with Crippen LogP contribution in [0.3, 0.4) is 0 Å². The lowest BCUT2D eigenvalue weighted by Gasteiger charge is -2.08. The van der Waals surface area contributed by atoms with E-state index < -0.39 is 0 Å². The van der Waals surface area contributed by atoms with Crippen molar-refractivity contribution in [3.05, 3.63) is 59.8 Å². The van der Waals surface area contributed by atoms with Gasteiger partial charge in [-0.3, -0.25) is 9.59 Å². The van der Waals surface area contributed by atoms with Crippen molar-refractivity contribution in [2.24, 2.45) is 5.73 Å². The molecule has 0 saturated heterocycles. The maximum Gasteiger partial charge on any atom is 0.256 e. The van der Waals surface area contributed by atoms with Gasteiger partial charge in [0.1, 0.15) is 11.6 Å². The number of hydrogen-bond acceptors (Lipinski definition) is 7. The Balaban J connectivity index is 1.52. The number of amides is 2. The molecular weight excluding hydrogens is 410 g/mol. The highest BCUT2D eigenvalue weighted by molar-refractivity contribution is 6.05. The molecule has 168 valence electrons. The van der Waals surface area contributed by atoms with E-state index in [0.717, 1.165) is 10.9 Å². The van der Waals surface area contributed by atoms with Crippen LogP contribution in [0.5, 0.6) is 0 Å². The molecule has 2 aromatic heterocycles. The van der Waals surface area contributed by atoms with Gasteiger partial charge >= 0.3 is 0 Å². The molecule has 0 aliphatic heterocycles. The van der Waals surface area contributed by atoms with Crippen LogP contribution in [0.2, 0.25) is 0 Å². The normalized spacial score (nSPS) is 10.8. The fourth-order valence-electron chi connectivity index (χ4n) is 2.84. The number of aromatic nitrogens is 2. The van der Waals surface area contributed by atoms with Gasteiger partial charge in [0.2, 0.25) is 5.91 Å². The monoisotopic (exact) mass is 437 g/mol. The van der Waals surface area contributed by atoms with Crippen molar-refractivity contribution in [3.8, 4) is 0 Å². The van der Waals surface area contributed by atoms with Gasteiger partial charge in [-0.15, -0.1) is 0 Å². The molecule has 0 saturated carbocycles. The van der Waals surface area contributed by atoms with Gasteiger partial charge in [0.15, 0.2) is 0 Å². The van der Waals surface area contributed by atoms with Gasteiger partial charge < -0.3 is 25.8 Å². The summed E-state index contributed by atoms with van der Waals surface area (Å²) in [6.45, 7) is 4.05. The predicted octanol–water partition coefficient (Wildman–Crippen LogP) is 2.51. The zero-order valence-corrected chi connectivity index (χ0v) is 18.0. The molecule has 2 amide bonds. The van der Waals surface area contributed by atoms with Crippen molar-refractivity contribution in [1.82, 2.24) is 9.97 Å². The van der Waals surface area contributed by atoms with E-state index in [4.69, 9.17) is 15.2 Å². The van der Waals surface area contributed by atoms with Gasteiger partial charge in [-0.1, -0.05) is 6.07 Å². The molecule has 0 fully saturated rings. The summed E-state index contributed by atoms with van der Waals surface area (Å²) in [6, 6.07) is 12.3. The minimum Gasteiger partial charge on any atom is -0.379 e. The number of carbonyl (C=O) groups excluding carboxylic acids is 2. The number of rotatable bonds is 11. The Bertz CT molecular complexity index is 1060. The van der Waals surface area contributed by atoms with Gasteiger partial charge in [-0.25, -0.2) is 9.97 Å². The molecule has 0 unspecified atom stereocenters. The fraction of sp³-hybridized carbons (Fsp3) is 0.304. The first kappa shape index (κ1) is 23.3. The zero-order chi connectivity index (χ0) is 22.8. The molecule has 4 N–H and O–H groups in total. The fourth-order valence-corrected chi connectivity index (χ4v) is 2.84. The molecule has 1 aromatic carbocycles. The summed E-state index contributed by atoms with van der Waals surface area (Å²) < 4.78 is 10.5. The number of carbonyl (C=O) groups is 2. The molecule has 32 heavy (non-hydrogen) atoms. The Labute approximate surface area is 186 Å². The molecule has 9 nitrogen and oxygen atoms in total. The Morgan fingerprint density at radius 3 is 2.47 bits per heavy atom. The van der Waals surface area contributed by atoms with E-state index in [1.807, 2.05) is 19.1 Å². The molecule has 0 bridgehead atoms. The number of nitrogens with zero attached hydrogens (tertiary/aromatic N) is 2. The van der Waals surface area contributed by atoms with Crippen LogP contribution in [-0.2, 0) is 14.3 Å². The lowest BCUT2D eigenvalue weighted by molar-refractivity contribution is -0.117. The Morgan fingerprint density at radius 2 is 1.72 bits per heavy atom. The van der Waals surface area contributed by atoms with Crippen molar-refractivity contribution >= 4 is 34.4 Å². The van der Waals surface area contributed by atoms with Crippen molar-refractivity contribution < 1.29 is 19.1 Å². The highest BCUT2D eigenvalue weighted by Crippen LogP contribution is 2.18. The third kappa shape index (κ3) is 7.09. The summed E-state index contributed by atoms with van der Waals surface area (Å²) in [4.78, 5) is 33.2. The third-order valence-corrected chi connectivity index (χ3v) is 4.48. The van der Waals surface area contributed by atoms with E-state index in [0.29, 0.717) is 55.7 Å². The molecule has 0 radical (unpaired) electrons. The summed E-state index contributed by atoms with van der Waals surface area (Å²) in [7, 11) is 0. The second-order valence-electron chi connectivity index (χ2n) is 7.09. The molecule has 0 atom stereocenters. The number of pyridine rings is 2. The number of hydrogen-bond donors (Lipinski definition) is 3. The SMILES string of the molecule is Cc1ccc(NC(=O)c2ccc3nc(NC(=O)CCOCCOCCN)ccc3c2)nc1. The van der Waals surface area contributed by atoms with Gasteiger partial charge in [-0.2, -0.15) is 0 Å². The van der Waals surface area contributed by atoms with E-state index in [1.165, 1.54) is 0 Å².